The van der Waals surface area contributed by atoms with Crippen molar-refractivity contribution >= 4 is 23.4 Å². The number of rotatable bonds is 5. The number of anilines is 1. The highest BCUT2D eigenvalue weighted by atomic mass is 19.1. The molecule has 2 aromatic carbocycles. The van der Waals surface area contributed by atoms with E-state index in [1.807, 2.05) is 6.07 Å². The fourth-order valence-corrected chi connectivity index (χ4v) is 2.84. The van der Waals surface area contributed by atoms with Gasteiger partial charge in [0, 0.05) is 13.0 Å². The first kappa shape index (κ1) is 19.3. The zero-order valence-corrected chi connectivity index (χ0v) is 15.3. The number of hydrogen-bond acceptors (Lipinski definition) is 4. The Morgan fingerprint density at radius 3 is 2.50 bits per heavy atom. The summed E-state index contributed by atoms with van der Waals surface area (Å²) in [6, 6.07) is 12.6. The highest BCUT2D eigenvalue weighted by Crippen LogP contribution is 2.33. The molecule has 0 fully saturated rings. The molecule has 0 spiro atoms. The van der Waals surface area contributed by atoms with E-state index < -0.39 is 17.9 Å². The van der Waals surface area contributed by atoms with E-state index in [9.17, 15) is 18.8 Å². The molecule has 1 unspecified atom stereocenters. The lowest BCUT2D eigenvalue weighted by Gasteiger charge is -2.32. The first-order chi connectivity index (χ1) is 13.4. The molecule has 1 aliphatic heterocycles. The van der Waals surface area contributed by atoms with Crippen molar-refractivity contribution in [1.29, 1.82) is 0 Å². The third-order valence-electron chi connectivity index (χ3n) is 4.26. The molecule has 0 aliphatic carbocycles. The second-order valence-electron chi connectivity index (χ2n) is 6.37. The maximum Gasteiger partial charge on any atom is 0.267 e. The highest BCUT2D eigenvalue weighted by Gasteiger charge is 2.31. The number of benzene rings is 2. The average molecular weight is 385 g/mol. The predicted octanol–water partition coefficient (Wildman–Crippen LogP) is 1.72. The molecule has 1 aliphatic rings. The topological polar surface area (TPSA) is 87.7 Å². The number of para-hydroxylation sites is 2. The lowest BCUT2D eigenvalue weighted by Crippen LogP contribution is -2.47. The normalized spacial score (nSPS) is 15.4. The molecule has 0 saturated heterocycles. The molecular formula is C20H20FN3O4. The lowest BCUT2D eigenvalue weighted by atomic mass is 10.1. The minimum absolute atomic E-state index is 0.00359. The van der Waals surface area contributed by atoms with Crippen LogP contribution in [0.4, 0.5) is 10.1 Å². The van der Waals surface area contributed by atoms with Gasteiger partial charge in [-0.25, -0.2) is 4.39 Å². The van der Waals surface area contributed by atoms with Crippen LogP contribution in [0.1, 0.15) is 18.9 Å². The fourth-order valence-electron chi connectivity index (χ4n) is 2.84. The van der Waals surface area contributed by atoms with Gasteiger partial charge in [-0.1, -0.05) is 24.3 Å². The Balaban J connectivity index is 1.49. The summed E-state index contributed by atoms with van der Waals surface area (Å²) < 4.78 is 18.4. The van der Waals surface area contributed by atoms with Crippen LogP contribution in [-0.4, -0.2) is 30.4 Å². The Morgan fingerprint density at radius 2 is 1.75 bits per heavy atom. The van der Waals surface area contributed by atoms with Gasteiger partial charge >= 0.3 is 0 Å². The molecule has 0 radical (unpaired) electrons. The van der Waals surface area contributed by atoms with Crippen molar-refractivity contribution in [3.05, 3.63) is 59.9 Å². The van der Waals surface area contributed by atoms with Gasteiger partial charge in [-0.15, -0.1) is 0 Å². The van der Waals surface area contributed by atoms with Crippen molar-refractivity contribution < 1.29 is 23.5 Å². The largest absolute Gasteiger partial charge is 0.479 e. The SMILES string of the molecule is CC1Oc2ccccc2N(CCC(=O)NNC(=O)Cc2ccc(F)cc2)C1=O. The van der Waals surface area contributed by atoms with Crippen LogP contribution in [0, 0.1) is 5.82 Å². The molecule has 28 heavy (non-hydrogen) atoms. The number of amides is 3. The fraction of sp³-hybridized carbons (Fsp3) is 0.250. The Kier molecular flexibility index (Phi) is 5.88. The van der Waals surface area contributed by atoms with Crippen molar-refractivity contribution in [3.8, 4) is 5.75 Å². The van der Waals surface area contributed by atoms with Gasteiger partial charge in [-0.2, -0.15) is 0 Å². The molecule has 1 atom stereocenters. The average Bonchev–Trinajstić information content (AvgIpc) is 2.68. The number of ether oxygens (including phenoxy) is 1. The number of carbonyl (C=O) groups excluding carboxylic acids is 3. The maximum absolute atomic E-state index is 12.9. The monoisotopic (exact) mass is 385 g/mol. The summed E-state index contributed by atoms with van der Waals surface area (Å²) in [6.07, 6.45) is -0.620. The van der Waals surface area contributed by atoms with E-state index in [-0.39, 0.29) is 31.1 Å². The van der Waals surface area contributed by atoms with Crippen LogP contribution >= 0.6 is 0 Å². The molecule has 146 valence electrons. The Morgan fingerprint density at radius 1 is 1.07 bits per heavy atom. The van der Waals surface area contributed by atoms with Crippen molar-refractivity contribution in [2.24, 2.45) is 0 Å². The summed E-state index contributed by atoms with van der Waals surface area (Å²) in [7, 11) is 0. The minimum Gasteiger partial charge on any atom is -0.479 e. The van der Waals surface area contributed by atoms with Gasteiger partial charge in [0.25, 0.3) is 5.91 Å². The molecule has 1 heterocycles. The number of carbonyl (C=O) groups is 3. The van der Waals surface area contributed by atoms with Gasteiger partial charge in [-0.3, -0.25) is 25.2 Å². The van der Waals surface area contributed by atoms with Crippen molar-refractivity contribution in [2.75, 3.05) is 11.4 Å². The molecule has 3 amide bonds. The second-order valence-corrected chi connectivity index (χ2v) is 6.37. The van der Waals surface area contributed by atoms with Crippen LogP contribution in [0.5, 0.6) is 5.75 Å². The molecule has 2 N–H and O–H groups in total. The van der Waals surface area contributed by atoms with E-state index in [4.69, 9.17) is 4.74 Å². The molecule has 2 aromatic rings. The molecular weight excluding hydrogens is 365 g/mol. The molecule has 0 aromatic heterocycles. The van der Waals surface area contributed by atoms with Crippen LogP contribution in [-0.2, 0) is 20.8 Å². The van der Waals surface area contributed by atoms with Gasteiger partial charge in [0.2, 0.25) is 11.8 Å². The smallest absolute Gasteiger partial charge is 0.267 e. The lowest BCUT2D eigenvalue weighted by molar-refractivity contribution is -0.129. The van der Waals surface area contributed by atoms with Gasteiger partial charge in [-0.05, 0) is 36.8 Å². The molecule has 3 rings (SSSR count). The third-order valence-corrected chi connectivity index (χ3v) is 4.26. The van der Waals surface area contributed by atoms with Crippen LogP contribution < -0.4 is 20.5 Å². The standard InChI is InChI=1S/C20H20FN3O4/c1-13-20(27)24(16-4-2-3-5-17(16)28-13)11-10-18(25)22-23-19(26)12-14-6-8-15(21)9-7-14/h2-9,13H,10-12H2,1H3,(H,22,25)(H,23,26). The predicted molar refractivity (Wildman–Crippen MR) is 99.9 cm³/mol. The molecule has 0 saturated carbocycles. The van der Waals surface area contributed by atoms with Crippen LogP contribution in [0.25, 0.3) is 0 Å². The Labute approximate surface area is 161 Å². The molecule has 7 nitrogen and oxygen atoms in total. The number of hydrogen-bond donors (Lipinski definition) is 2. The number of hydrazine groups is 1. The van der Waals surface area contributed by atoms with E-state index >= 15 is 0 Å². The summed E-state index contributed by atoms with van der Waals surface area (Å²) in [6.45, 7) is 1.81. The molecule has 0 bridgehead atoms. The summed E-state index contributed by atoms with van der Waals surface area (Å²) in [5.41, 5.74) is 5.87. The van der Waals surface area contributed by atoms with Crippen LogP contribution in [0.2, 0.25) is 0 Å². The van der Waals surface area contributed by atoms with Crippen LogP contribution in [0.15, 0.2) is 48.5 Å². The zero-order valence-electron chi connectivity index (χ0n) is 15.3. The van der Waals surface area contributed by atoms with Crippen molar-refractivity contribution in [1.82, 2.24) is 10.9 Å². The van der Waals surface area contributed by atoms with E-state index in [2.05, 4.69) is 10.9 Å². The maximum atomic E-state index is 12.9. The minimum atomic E-state index is -0.631. The highest BCUT2D eigenvalue weighted by molar-refractivity contribution is 6.00. The van der Waals surface area contributed by atoms with Gasteiger partial charge in [0.1, 0.15) is 11.6 Å². The van der Waals surface area contributed by atoms with Crippen LogP contribution in [0.3, 0.4) is 0 Å². The Hall–Kier alpha value is -3.42. The first-order valence-corrected chi connectivity index (χ1v) is 8.83. The number of nitrogens with zero attached hydrogens (tertiary/aromatic N) is 1. The quantitative estimate of drug-likeness (QED) is 0.768. The summed E-state index contributed by atoms with van der Waals surface area (Å²) >= 11 is 0. The van der Waals surface area contributed by atoms with Gasteiger partial charge < -0.3 is 9.64 Å². The summed E-state index contributed by atoms with van der Waals surface area (Å²) in [5.74, 6) is -0.890. The number of fused-ring (bicyclic) bond motifs is 1. The first-order valence-electron chi connectivity index (χ1n) is 8.83. The number of nitrogens with one attached hydrogen (secondary N) is 2. The summed E-state index contributed by atoms with van der Waals surface area (Å²) in [5, 5.41) is 0. The zero-order chi connectivity index (χ0) is 20.1. The van der Waals surface area contributed by atoms with Gasteiger partial charge in [0.15, 0.2) is 6.10 Å². The van der Waals surface area contributed by atoms with E-state index in [0.717, 1.165) is 0 Å². The van der Waals surface area contributed by atoms with Crippen molar-refractivity contribution in [2.45, 2.75) is 25.9 Å². The van der Waals surface area contributed by atoms with E-state index in [1.165, 1.54) is 29.2 Å². The van der Waals surface area contributed by atoms with Crippen molar-refractivity contribution in [3.63, 3.8) is 0 Å². The van der Waals surface area contributed by atoms with E-state index in [0.29, 0.717) is 17.0 Å². The Bertz CT molecular complexity index is 885. The van der Waals surface area contributed by atoms with E-state index in [1.54, 1.807) is 25.1 Å². The molecule has 8 heteroatoms. The summed E-state index contributed by atoms with van der Waals surface area (Å²) in [4.78, 5) is 37.8. The second kappa shape index (κ2) is 8.51. The van der Waals surface area contributed by atoms with Gasteiger partial charge in [0.05, 0.1) is 12.1 Å². The third kappa shape index (κ3) is 4.64. The number of halogens is 1.